The van der Waals surface area contributed by atoms with Gasteiger partial charge in [-0.15, -0.1) is 0 Å². The number of fused-ring (bicyclic) bond motifs is 3. The second kappa shape index (κ2) is 9.89. The predicted octanol–water partition coefficient (Wildman–Crippen LogP) is 4.00. The zero-order chi connectivity index (χ0) is 24.3. The number of nitrogens with zero attached hydrogens (tertiary/aromatic N) is 2. The molecule has 1 aromatic heterocycles. The Balaban J connectivity index is 1.63. The van der Waals surface area contributed by atoms with Crippen molar-refractivity contribution in [2.45, 2.75) is 51.9 Å². The van der Waals surface area contributed by atoms with Crippen LogP contribution in [0.4, 0.5) is 0 Å². The molecule has 2 aromatic carbocycles. The van der Waals surface area contributed by atoms with E-state index in [9.17, 15) is 9.59 Å². The first-order chi connectivity index (χ1) is 16.3. The minimum Gasteiger partial charge on any atom is -0.497 e. The number of methoxy groups -OCH3 is 1. The lowest BCUT2D eigenvalue weighted by Crippen LogP contribution is -2.63. The molecule has 0 radical (unpaired) electrons. The third-order valence-corrected chi connectivity index (χ3v) is 6.38. The number of carbonyl (C=O) groups is 2. The van der Waals surface area contributed by atoms with Gasteiger partial charge in [0, 0.05) is 30.6 Å². The maximum atomic E-state index is 13.8. The SMILES string of the molecule is COc1ccc(CN2C(=O)c3cc4ccccc4n3C[C@@]2(C)C(=O)NCCCOC(C)C)cc1. The zero-order valence-corrected chi connectivity index (χ0v) is 20.3. The van der Waals surface area contributed by atoms with Crippen molar-refractivity contribution in [2.75, 3.05) is 20.3 Å². The van der Waals surface area contributed by atoms with E-state index in [4.69, 9.17) is 9.47 Å². The molecule has 2 heterocycles. The molecule has 7 nitrogen and oxygen atoms in total. The maximum absolute atomic E-state index is 13.8. The summed E-state index contributed by atoms with van der Waals surface area (Å²) in [5.74, 6) is 0.430. The Morgan fingerprint density at radius 1 is 1.15 bits per heavy atom. The van der Waals surface area contributed by atoms with Gasteiger partial charge in [0.1, 0.15) is 17.0 Å². The summed E-state index contributed by atoms with van der Waals surface area (Å²) < 4.78 is 12.8. The third kappa shape index (κ3) is 4.66. The summed E-state index contributed by atoms with van der Waals surface area (Å²) in [6.07, 6.45) is 0.869. The van der Waals surface area contributed by atoms with E-state index in [2.05, 4.69) is 5.32 Å². The summed E-state index contributed by atoms with van der Waals surface area (Å²) in [6.45, 7) is 7.61. The molecule has 1 aliphatic heterocycles. The number of ether oxygens (including phenoxy) is 2. The predicted molar refractivity (Wildman–Crippen MR) is 132 cm³/mol. The second-order valence-corrected chi connectivity index (χ2v) is 9.22. The van der Waals surface area contributed by atoms with Crippen LogP contribution in [0.5, 0.6) is 5.75 Å². The second-order valence-electron chi connectivity index (χ2n) is 9.22. The highest BCUT2D eigenvalue weighted by atomic mass is 16.5. The molecule has 7 heteroatoms. The first-order valence-electron chi connectivity index (χ1n) is 11.8. The molecule has 1 N–H and O–H groups in total. The Hall–Kier alpha value is -3.32. The summed E-state index contributed by atoms with van der Waals surface area (Å²) in [4.78, 5) is 29.0. The Morgan fingerprint density at radius 3 is 2.59 bits per heavy atom. The van der Waals surface area contributed by atoms with E-state index >= 15 is 0 Å². The van der Waals surface area contributed by atoms with Gasteiger partial charge in [-0.1, -0.05) is 30.3 Å². The van der Waals surface area contributed by atoms with Gasteiger partial charge in [-0.05, 0) is 57.0 Å². The van der Waals surface area contributed by atoms with Crippen LogP contribution in [0.3, 0.4) is 0 Å². The normalized spacial score (nSPS) is 17.8. The van der Waals surface area contributed by atoms with Crippen molar-refractivity contribution in [1.29, 1.82) is 0 Å². The Bertz CT molecular complexity index is 1170. The van der Waals surface area contributed by atoms with Crippen molar-refractivity contribution in [1.82, 2.24) is 14.8 Å². The molecular weight excluding hydrogens is 430 g/mol. The van der Waals surface area contributed by atoms with Gasteiger partial charge in [0.05, 0.1) is 19.8 Å². The van der Waals surface area contributed by atoms with Crippen molar-refractivity contribution >= 4 is 22.7 Å². The molecule has 0 unspecified atom stereocenters. The van der Waals surface area contributed by atoms with Gasteiger partial charge >= 0.3 is 0 Å². The van der Waals surface area contributed by atoms with Crippen LogP contribution in [0.1, 0.15) is 43.2 Å². The molecule has 0 saturated carbocycles. The quantitative estimate of drug-likeness (QED) is 0.487. The number of carbonyl (C=O) groups excluding carboxylic acids is 2. The summed E-state index contributed by atoms with van der Waals surface area (Å²) in [6, 6.07) is 17.4. The number of nitrogens with one attached hydrogen (secondary N) is 1. The number of benzene rings is 2. The molecule has 4 rings (SSSR count). The summed E-state index contributed by atoms with van der Waals surface area (Å²) in [5.41, 5.74) is 1.44. The van der Waals surface area contributed by atoms with Crippen LogP contribution < -0.4 is 10.1 Å². The van der Waals surface area contributed by atoms with Crippen LogP contribution in [-0.2, 0) is 22.6 Å². The minimum absolute atomic E-state index is 0.154. The monoisotopic (exact) mass is 463 g/mol. The molecular formula is C27H33N3O4. The molecule has 34 heavy (non-hydrogen) atoms. The fourth-order valence-electron chi connectivity index (χ4n) is 4.45. The van der Waals surface area contributed by atoms with Crippen LogP contribution >= 0.6 is 0 Å². The lowest BCUT2D eigenvalue weighted by atomic mass is 9.93. The molecule has 2 amide bonds. The fraction of sp³-hybridized carbons (Fsp3) is 0.407. The van der Waals surface area contributed by atoms with Gasteiger partial charge in [0.25, 0.3) is 5.91 Å². The average Bonchev–Trinajstić information content (AvgIpc) is 3.20. The zero-order valence-electron chi connectivity index (χ0n) is 20.3. The molecule has 0 aliphatic carbocycles. The topological polar surface area (TPSA) is 72.8 Å². The molecule has 0 fully saturated rings. The van der Waals surface area contributed by atoms with E-state index in [0.29, 0.717) is 38.4 Å². The lowest BCUT2D eigenvalue weighted by molar-refractivity contribution is -0.133. The van der Waals surface area contributed by atoms with Crippen LogP contribution in [0.25, 0.3) is 10.9 Å². The number of hydrogen-bond acceptors (Lipinski definition) is 4. The van der Waals surface area contributed by atoms with Gasteiger partial charge in [-0.25, -0.2) is 0 Å². The van der Waals surface area contributed by atoms with E-state index < -0.39 is 5.54 Å². The van der Waals surface area contributed by atoms with Crippen molar-refractivity contribution in [3.05, 3.63) is 65.9 Å². The molecule has 1 atom stereocenters. The first-order valence-corrected chi connectivity index (χ1v) is 11.8. The maximum Gasteiger partial charge on any atom is 0.271 e. The highest BCUT2D eigenvalue weighted by molar-refractivity contribution is 6.03. The van der Waals surface area contributed by atoms with Crippen LogP contribution in [-0.4, -0.2) is 53.2 Å². The minimum atomic E-state index is -1.05. The smallest absolute Gasteiger partial charge is 0.271 e. The van der Waals surface area contributed by atoms with E-state index in [1.165, 1.54) is 0 Å². The van der Waals surface area contributed by atoms with Gasteiger partial charge in [-0.3, -0.25) is 9.59 Å². The Labute approximate surface area is 200 Å². The van der Waals surface area contributed by atoms with Gasteiger partial charge < -0.3 is 24.3 Å². The Kier molecular flexibility index (Phi) is 6.93. The summed E-state index contributed by atoms with van der Waals surface area (Å²) in [5, 5.41) is 4.04. The average molecular weight is 464 g/mol. The molecule has 1 aliphatic rings. The molecule has 0 bridgehead atoms. The van der Waals surface area contributed by atoms with E-state index in [0.717, 1.165) is 22.2 Å². The molecule has 0 spiro atoms. The highest BCUT2D eigenvalue weighted by Crippen LogP contribution is 2.33. The number of rotatable bonds is 9. The lowest BCUT2D eigenvalue weighted by Gasteiger charge is -2.44. The van der Waals surface area contributed by atoms with Crippen LogP contribution in [0.15, 0.2) is 54.6 Å². The molecule has 3 aromatic rings. The highest BCUT2D eigenvalue weighted by Gasteiger charge is 2.47. The van der Waals surface area contributed by atoms with E-state index in [-0.39, 0.29) is 17.9 Å². The van der Waals surface area contributed by atoms with E-state index in [1.54, 1.807) is 12.0 Å². The number of aromatic nitrogens is 1. The summed E-state index contributed by atoms with van der Waals surface area (Å²) >= 11 is 0. The number of para-hydroxylation sites is 1. The standard InChI is InChI=1S/C27H33N3O4/c1-19(2)34-15-7-14-28-26(32)27(3)18-29-23-9-6-5-8-21(23)16-24(29)25(31)30(27)17-20-10-12-22(33-4)13-11-20/h5-6,8-13,16,19H,7,14-15,17-18H2,1-4H3,(H,28,32)/t27-/m0/s1. The van der Waals surface area contributed by atoms with Crippen LogP contribution in [0.2, 0.25) is 0 Å². The van der Waals surface area contributed by atoms with Crippen molar-refractivity contribution in [3.8, 4) is 5.75 Å². The number of hydrogen-bond donors (Lipinski definition) is 1. The third-order valence-electron chi connectivity index (χ3n) is 6.38. The van der Waals surface area contributed by atoms with Crippen molar-refractivity contribution < 1.29 is 19.1 Å². The fourth-order valence-corrected chi connectivity index (χ4v) is 4.45. The first kappa shape index (κ1) is 23.8. The van der Waals surface area contributed by atoms with E-state index in [1.807, 2.05) is 79.9 Å². The van der Waals surface area contributed by atoms with Crippen LogP contribution in [0, 0.1) is 0 Å². The number of amides is 2. The Morgan fingerprint density at radius 2 is 1.88 bits per heavy atom. The van der Waals surface area contributed by atoms with Gasteiger partial charge in [0.2, 0.25) is 5.91 Å². The van der Waals surface area contributed by atoms with Crippen molar-refractivity contribution in [2.24, 2.45) is 0 Å². The van der Waals surface area contributed by atoms with Gasteiger partial charge in [0.15, 0.2) is 0 Å². The molecule has 0 saturated heterocycles. The van der Waals surface area contributed by atoms with Gasteiger partial charge in [-0.2, -0.15) is 0 Å². The van der Waals surface area contributed by atoms with Crippen molar-refractivity contribution in [3.63, 3.8) is 0 Å². The summed E-state index contributed by atoms with van der Waals surface area (Å²) in [7, 11) is 1.62. The molecule has 180 valence electrons. The largest absolute Gasteiger partial charge is 0.497 e.